The largest absolute Gasteiger partial charge is 0.469 e. The average Bonchev–Trinajstić information content (AvgIpc) is 2.68. The number of carbonyl (C=O) groups excluding carboxylic acids is 3. The number of aryl methyl sites for hydroxylation is 1. The van der Waals surface area contributed by atoms with Gasteiger partial charge in [-0.25, -0.2) is 0 Å². The average molecular weight is 368 g/mol. The quantitative estimate of drug-likeness (QED) is 0.698. The Bertz CT molecular complexity index is 773. The predicted molar refractivity (Wildman–Crippen MR) is 102 cm³/mol. The van der Waals surface area contributed by atoms with Gasteiger partial charge < -0.3 is 15.4 Å². The molecule has 142 valence electrons. The zero-order chi connectivity index (χ0) is 19.6. The van der Waals surface area contributed by atoms with Crippen LogP contribution in [0.3, 0.4) is 0 Å². The first-order chi connectivity index (χ1) is 13.0. The third-order valence-electron chi connectivity index (χ3n) is 4.07. The molecule has 1 unspecified atom stereocenters. The second-order valence-corrected chi connectivity index (χ2v) is 6.20. The van der Waals surface area contributed by atoms with Crippen molar-refractivity contribution in [1.82, 2.24) is 10.6 Å². The van der Waals surface area contributed by atoms with Gasteiger partial charge in [-0.05, 0) is 24.6 Å². The fourth-order valence-corrected chi connectivity index (χ4v) is 2.52. The van der Waals surface area contributed by atoms with Crippen LogP contribution in [0.2, 0.25) is 0 Å². The molecule has 1 atom stereocenters. The van der Waals surface area contributed by atoms with E-state index in [1.807, 2.05) is 49.4 Å². The third kappa shape index (κ3) is 6.58. The second kappa shape index (κ2) is 10.1. The first-order valence-corrected chi connectivity index (χ1v) is 8.75. The van der Waals surface area contributed by atoms with Gasteiger partial charge in [-0.15, -0.1) is 0 Å². The number of benzene rings is 2. The van der Waals surface area contributed by atoms with Gasteiger partial charge in [0, 0.05) is 18.5 Å². The molecule has 2 N–H and O–H groups in total. The minimum Gasteiger partial charge on any atom is -0.469 e. The molecule has 0 fully saturated rings. The van der Waals surface area contributed by atoms with Crippen molar-refractivity contribution in [1.29, 1.82) is 0 Å². The minimum atomic E-state index is -0.751. The Morgan fingerprint density at radius 2 is 1.67 bits per heavy atom. The van der Waals surface area contributed by atoms with Crippen molar-refractivity contribution in [2.75, 3.05) is 13.7 Å². The number of ether oxygens (including phenoxy) is 1. The highest BCUT2D eigenvalue weighted by atomic mass is 16.5. The summed E-state index contributed by atoms with van der Waals surface area (Å²) in [6.07, 6.45) is 0.425. The van der Waals surface area contributed by atoms with Crippen molar-refractivity contribution < 1.29 is 19.1 Å². The van der Waals surface area contributed by atoms with Crippen molar-refractivity contribution in [3.63, 3.8) is 0 Å². The lowest BCUT2D eigenvalue weighted by atomic mass is 10.0. The van der Waals surface area contributed by atoms with Crippen LogP contribution < -0.4 is 10.6 Å². The van der Waals surface area contributed by atoms with Gasteiger partial charge in [-0.1, -0.05) is 48.0 Å². The topological polar surface area (TPSA) is 84.5 Å². The summed E-state index contributed by atoms with van der Waals surface area (Å²) in [5, 5.41) is 5.47. The van der Waals surface area contributed by atoms with Crippen LogP contribution in [0.5, 0.6) is 0 Å². The van der Waals surface area contributed by atoms with E-state index in [0.29, 0.717) is 12.0 Å². The van der Waals surface area contributed by atoms with Gasteiger partial charge in [0.2, 0.25) is 5.91 Å². The van der Waals surface area contributed by atoms with E-state index in [1.165, 1.54) is 7.11 Å². The van der Waals surface area contributed by atoms with Gasteiger partial charge >= 0.3 is 5.97 Å². The number of rotatable bonds is 8. The highest BCUT2D eigenvalue weighted by Gasteiger charge is 2.22. The molecule has 0 aliphatic rings. The van der Waals surface area contributed by atoms with Crippen molar-refractivity contribution in [3.05, 3.63) is 71.3 Å². The summed E-state index contributed by atoms with van der Waals surface area (Å²) in [5.74, 6) is -1.07. The van der Waals surface area contributed by atoms with E-state index < -0.39 is 12.0 Å². The van der Waals surface area contributed by atoms with Crippen LogP contribution in [0.25, 0.3) is 0 Å². The summed E-state index contributed by atoms with van der Waals surface area (Å²) >= 11 is 0. The Balaban J connectivity index is 2.06. The molecule has 0 radical (unpaired) electrons. The Kier molecular flexibility index (Phi) is 7.55. The summed E-state index contributed by atoms with van der Waals surface area (Å²) in [5.41, 5.74) is 2.46. The van der Waals surface area contributed by atoms with E-state index in [4.69, 9.17) is 0 Å². The van der Waals surface area contributed by atoms with Crippen LogP contribution in [-0.2, 0) is 20.7 Å². The standard InChI is InChI=1S/C21H24N2O4/c1-15-8-10-17(11-9-15)20(25)23-18(14-16-6-4-3-5-7-16)21(26)22-13-12-19(24)27-2/h3-11,18H,12-14H2,1-2H3,(H,22,26)(H,23,25). The minimum absolute atomic E-state index is 0.0756. The lowest BCUT2D eigenvalue weighted by molar-refractivity contribution is -0.140. The van der Waals surface area contributed by atoms with Crippen LogP contribution in [0, 0.1) is 6.92 Å². The fraction of sp³-hybridized carbons (Fsp3) is 0.286. The first-order valence-electron chi connectivity index (χ1n) is 8.75. The maximum Gasteiger partial charge on any atom is 0.307 e. The molecule has 0 aromatic heterocycles. The van der Waals surface area contributed by atoms with Gasteiger partial charge in [0.25, 0.3) is 5.91 Å². The number of nitrogens with one attached hydrogen (secondary N) is 2. The zero-order valence-corrected chi connectivity index (χ0v) is 15.5. The van der Waals surface area contributed by atoms with Crippen molar-refractivity contribution in [2.24, 2.45) is 0 Å². The van der Waals surface area contributed by atoms with Gasteiger partial charge in [0.05, 0.1) is 13.5 Å². The molecule has 0 saturated heterocycles. The van der Waals surface area contributed by atoms with Crippen LogP contribution in [-0.4, -0.2) is 37.5 Å². The van der Waals surface area contributed by atoms with E-state index in [9.17, 15) is 14.4 Å². The number of methoxy groups -OCH3 is 1. The molecule has 2 amide bonds. The highest BCUT2D eigenvalue weighted by molar-refractivity contribution is 5.97. The van der Waals surface area contributed by atoms with E-state index in [2.05, 4.69) is 15.4 Å². The van der Waals surface area contributed by atoms with Crippen molar-refractivity contribution in [2.45, 2.75) is 25.8 Å². The molecule has 0 heterocycles. The third-order valence-corrected chi connectivity index (χ3v) is 4.07. The van der Waals surface area contributed by atoms with Crippen molar-refractivity contribution >= 4 is 17.8 Å². The van der Waals surface area contributed by atoms with E-state index in [-0.39, 0.29) is 24.8 Å². The molecule has 27 heavy (non-hydrogen) atoms. The molecular weight excluding hydrogens is 344 g/mol. The summed E-state index contributed by atoms with van der Waals surface area (Å²) < 4.78 is 4.56. The first kappa shape index (κ1) is 20.2. The number of esters is 1. The maximum absolute atomic E-state index is 12.6. The predicted octanol–water partition coefficient (Wildman–Crippen LogP) is 2.02. The lowest BCUT2D eigenvalue weighted by Crippen LogP contribution is -2.48. The normalized spacial score (nSPS) is 11.3. The summed E-state index contributed by atoms with van der Waals surface area (Å²) in [6.45, 7) is 2.09. The molecule has 0 spiro atoms. The summed E-state index contributed by atoms with van der Waals surface area (Å²) in [4.78, 5) is 36.3. The maximum atomic E-state index is 12.6. The van der Waals surface area contributed by atoms with E-state index in [0.717, 1.165) is 11.1 Å². The molecule has 2 aromatic rings. The highest BCUT2D eigenvalue weighted by Crippen LogP contribution is 2.07. The Morgan fingerprint density at radius 1 is 1.00 bits per heavy atom. The molecule has 6 nitrogen and oxygen atoms in total. The molecule has 0 saturated carbocycles. The van der Waals surface area contributed by atoms with E-state index >= 15 is 0 Å². The van der Waals surface area contributed by atoms with Gasteiger partial charge in [-0.2, -0.15) is 0 Å². The molecule has 0 bridgehead atoms. The zero-order valence-electron chi connectivity index (χ0n) is 15.5. The van der Waals surface area contributed by atoms with Crippen LogP contribution in [0.1, 0.15) is 27.9 Å². The summed E-state index contributed by atoms with van der Waals surface area (Å²) in [6, 6.07) is 15.8. The molecule has 2 rings (SSSR count). The van der Waals surface area contributed by atoms with Crippen LogP contribution in [0.4, 0.5) is 0 Å². The Morgan fingerprint density at radius 3 is 2.30 bits per heavy atom. The number of amides is 2. The summed E-state index contributed by atoms with van der Waals surface area (Å²) in [7, 11) is 1.30. The monoisotopic (exact) mass is 368 g/mol. The van der Waals surface area contributed by atoms with Crippen LogP contribution >= 0.6 is 0 Å². The molecule has 2 aromatic carbocycles. The smallest absolute Gasteiger partial charge is 0.307 e. The molecule has 0 aliphatic carbocycles. The number of hydrogen-bond donors (Lipinski definition) is 2. The Hall–Kier alpha value is -3.15. The second-order valence-electron chi connectivity index (χ2n) is 6.20. The van der Waals surface area contributed by atoms with Crippen molar-refractivity contribution in [3.8, 4) is 0 Å². The van der Waals surface area contributed by atoms with Gasteiger partial charge in [-0.3, -0.25) is 14.4 Å². The van der Waals surface area contributed by atoms with Crippen LogP contribution in [0.15, 0.2) is 54.6 Å². The number of carbonyl (C=O) groups is 3. The lowest BCUT2D eigenvalue weighted by Gasteiger charge is -2.19. The van der Waals surface area contributed by atoms with Gasteiger partial charge in [0.1, 0.15) is 6.04 Å². The Labute approximate surface area is 158 Å². The van der Waals surface area contributed by atoms with E-state index in [1.54, 1.807) is 12.1 Å². The molecular formula is C21H24N2O4. The van der Waals surface area contributed by atoms with Gasteiger partial charge in [0.15, 0.2) is 0 Å². The fourth-order valence-electron chi connectivity index (χ4n) is 2.52. The SMILES string of the molecule is COC(=O)CCNC(=O)C(Cc1ccccc1)NC(=O)c1ccc(C)cc1. The molecule has 6 heteroatoms. The molecule has 0 aliphatic heterocycles. The number of hydrogen-bond acceptors (Lipinski definition) is 4.